The predicted octanol–water partition coefficient (Wildman–Crippen LogP) is 2.71. The Kier molecular flexibility index (Phi) is 3.24. The van der Waals surface area contributed by atoms with Crippen molar-refractivity contribution in [2.45, 2.75) is 51.6 Å². The minimum Gasteiger partial charge on any atom is -0.478 e. The zero-order valence-corrected chi connectivity index (χ0v) is 10.4. The van der Waals surface area contributed by atoms with Gasteiger partial charge in [0.1, 0.15) is 17.1 Å². The monoisotopic (exact) mass is 237 g/mol. The van der Waals surface area contributed by atoms with Crippen LogP contribution in [-0.2, 0) is 6.54 Å². The average molecular weight is 237 g/mol. The number of carboxylic acid groups (broad SMARTS) is 1. The Balaban J connectivity index is 1.99. The first-order valence-electron chi connectivity index (χ1n) is 6.14. The van der Waals surface area contributed by atoms with Crippen molar-refractivity contribution in [2.75, 3.05) is 0 Å². The van der Waals surface area contributed by atoms with Crippen LogP contribution < -0.4 is 5.32 Å². The molecule has 1 aromatic rings. The Morgan fingerprint density at radius 1 is 1.59 bits per heavy atom. The number of aryl methyl sites for hydroxylation is 1. The molecule has 0 unspecified atom stereocenters. The lowest BCUT2D eigenvalue weighted by atomic mass is 9.75. The number of nitrogens with one attached hydrogen (secondary N) is 1. The van der Waals surface area contributed by atoms with Crippen molar-refractivity contribution >= 4 is 5.97 Å². The van der Waals surface area contributed by atoms with Crippen molar-refractivity contribution in [3.05, 3.63) is 23.2 Å². The highest BCUT2D eigenvalue weighted by molar-refractivity contribution is 5.88. The van der Waals surface area contributed by atoms with E-state index in [4.69, 9.17) is 9.52 Å². The van der Waals surface area contributed by atoms with Gasteiger partial charge in [-0.3, -0.25) is 0 Å². The molecule has 4 nitrogen and oxygen atoms in total. The van der Waals surface area contributed by atoms with Gasteiger partial charge in [-0.15, -0.1) is 0 Å². The Labute approximate surface area is 101 Å². The second-order valence-corrected chi connectivity index (χ2v) is 4.83. The fraction of sp³-hybridized carbons (Fsp3) is 0.615. The molecule has 0 radical (unpaired) electrons. The summed E-state index contributed by atoms with van der Waals surface area (Å²) in [5.41, 5.74) is 0.519. The Bertz CT molecular complexity index is 413. The molecule has 4 heteroatoms. The predicted molar refractivity (Wildman–Crippen MR) is 64.1 cm³/mol. The smallest absolute Gasteiger partial charge is 0.339 e. The second kappa shape index (κ2) is 4.53. The molecule has 1 aliphatic carbocycles. The Morgan fingerprint density at radius 3 is 2.71 bits per heavy atom. The van der Waals surface area contributed by atoms with Crippen molar-refractivity contribution < 1.29 is 14.3 Å². The summed E-state index contributed by atoms with van der Waals surface area (Å²) < 4.78 is 5.44. The highest BCUT2D eigenvalue weighted by atomic mass is 16.4. The summed E-state index contributed by atoms with van der Waals surface area (Å²) >= 11 is 0. The molecular weight excluding hydrogens is 218 g/mol. The Hall–Kier alpha value is -1.29. The second-order valence-electron chi connectivity index (χ2n) is 4.83. The highest BCUT2D eigenvalue weighted by Gasteiger charge is 2.34. The SMILES string of the molecule is CCC1(NCc2cc(C(=O)O)c(C)o2)CCC1. The normalized spacial score (nSPS) is 17.8. The first kappa shape index (κ1) is 12.2. The van der Waals surface area contributed by atoms with E-state index in [2.05, 4.69) is 12.2 Å². The molecule has 1 aliphatic rings. The lowest BCUT2D eigenvalue weighted by Crippen LogP contribution is -2.49. The maximum Gasteiger partial charge on any atom is 0.339 e. The molecule has 2 rings (SSSR count). The maximum absolute atomic E-state index is 10.9. The number of hydrogen-bond donors (Lipinski definition) is 2. The summed E-state index contributed by atoms with van der Waals surface area (Å²) in [5, 5.41) is 12.4. The van der Waals surface area contributed by atoms with Crippen LogP contribution in [0.4, 0.5) is 0 Å². The van der Waals surface area contributed by atoms with E-state index in [1.807, 2.05) is 0 Å². The van der Waals surface area contributed by atoms with Gasteiger partial charge in [-0.1, -0.05) is 6.92 Å². The molecule has 94 valence electrons. The molecule has 0 aromatic carbocycles. The number of aromatic carboxylic acids is 1. The maximum atomic E-state index is 10.9. The quantitative estimate of drug-likeness (QED) is 0.826. The first-order chi connectivity index (χ1) is 8.06. The van der Waals surface area contributed by atoms with E-state index in [-0.39, 0.29) is 11.1 Å². The summed E-state index contributed by atoms with van der Waals surface area (Å²) in [7, 11) is 0. The summed E-state index contributed by atoms with van der Waals surface area (Å²) in [5.74, 6) is 0.263. The number of carboxylic acids is 1. The molecule has 0 bridgehead atoms. The van der Waals surface area contributed by atoms with Gasteiger partial charge in [0.05, 0.1) is 6.54 Å². The zero-order chi connectivity index (χ0) is 12.5. The lowest BCUT2D eigenvalue weighted by Gasteiger charge is -2.42. The van der Waals surface area contributed by atoms with Crippen LogP contribution in [0, 0.1) is 6.92 Å². The van der Waals surface area contributed by atoms with Crippen LogP contribution in [0.2, 0.25) is 0 Å². The van der Waals surface area contributed by atoms with Gasteiger partial charge in [-0.25, -0.2) is 4.79 Å². The van der Waals surface area contributed by atoms with Crippen molar-refractivity contribution in [3.8, 4) is 0 Å². The summed E-state index contributed by atoms with van der Waals surface area (Å²) in [6, 6.07) is 1.62. The molecular formula is C13H19NO3. The fourth-order valence-corrected chi connectivity index (χ4v) is 2.38. The third kappa shape index (κ3) is 2.36. The van der Waals surface area contributed by atoms with Crippen molar-refractivity contribution in [1.82, 2.24) is 5.32 Å². The standard InChI is InChI=1S/C13H19NO3/c1-3-13(5-4-6-13)14-8-10-7-11(12(15)16)9(2)17-10/h7,14H,3-6,8H2,1-2H3,(H,15,16). The van der Waals surface area contributed by atoms with Crippen molar-refractivity contribution in [1.29, 1.82) is 0 Å². The van der Waals surface area contributed by atoms with Gasteiger partial charge in [-0.05, 0) is 38.7 Å². The molecule has 1 heterocycles. The number of furan rings is 1. The van der Waals surface area contributed by atoms with Crippen LogP contribution >= 0.6 is 0 Å². The van der Waals surface area contributed by atoms with E-state index >= 15 is 0 Å². The Morgan fingerprint density at radius 2 is 2.29 bits per heavy atom. The van der Waals surface area contributed by atoms with E-state index in [0.717, 1.165) is 6.42 Å². The van der Waals surface area contributed by atoms with Crippen LogP contribution in [0.15, 0.2) is 10.5 Å². The van der Waals surface area contributed by atoms with Crippen molar-refractivity contribution in [2.24, 2.45) is 0 Å². The topological polar surface area (TPSA) is 62.5 Å². The van der Waals surface area contributed by atoms with Crippen LogP contribution in [0.25, 0.3) is 0 Å². The average Bonchev–Trinajstić information content (AvgIpc) is 2.59. The van der Waals surface area contributed by atoms with E-state index in [1.54, 1.807) is 13.0 Å². The molecule has 0 atom stereocenters. The van der Waals surface area contributed by atoms with E-state index in [1.165, 1.54) is 19.3 Å². The van der Waals surface area contributed by atoms with Gasteiger partial charge in [-0.2, -0.15) is 0 Å². The lowest BCUT2D eigenvalue weighted by molar-refractivity contribution is 0.0695. The van der Waals surface area contributed by atoms with Gasteiger partial charge in [0.15, 0.2) is 0 Å². The third-order valence-electron chi connectivity index (χ3n) is 3.82. The van der Waals surface area contributed by atoms with Crippen LogP contribution in [0.1, 0.15) is 54.5 Å². The van der Waals surface area contributed by atoms with Crippen LogP contribution in [0.5, 0.6) is 0 Å². The third-order valence-corrected chi connectivity index (χ3v) is 3.82. The zero-order valence-electron chi connectivity index (χ0n) is 10.4. The molecule has 1 fully saturated rings. The molecule has 0 spiro atoms. The van der Waals surface area contributed by atoms with E-state index in [9.17, 15) is 4.79 Å². The largest absolute Gasteiger partial charge is 0.478 e. The van der Waals surface area contributed by atoms with Gasteiger partial charge in [0.25, 0.3) is 0 Å². The molecule has 1 aromatic heterocycles. The molecule has 2 N–H and O–H groups in total. The summed E-state index contributed by atoms with van der Waals surface area (Å²) in [6.45, 7) is 4.48. The fourth-order valence-electron chi connectivity index (χ4n) is 2.38. The molecule has 1 saturated carbocycles. The minimum absolute atomic E-state index is 0.254. The molecule has 0 aliphatic heterocycles. The summed E-state index contributed by atoms with van der Waals surface area (Å²) in [4.78, 5) is 10.9. The number of carbonyl (C=O) groups is 1. The van der Waals surface area contributed by atoms with E-state index in [0.29, 0.717) is 18.1 Å². The van der Waals surface area contributed by atoms with Gasteiger partial charge in [0.2, 0.25) is 0 Å². The van der Waals surface area contributed by atoms with Crippen LogP contribution in [-0.4, -0.2) is 16.6 Å². The van der Waals surface area contributed by atoms with Crippen LogP contribution in [0.3, 0.4) is 0 Å². The van der Waals surface area contributed by atoms with Gasteiger partial charge < -0.3 is 14.8 Å². The minimum atomic E-state index is -0.925. The van der Waals surface area contributed by atoms with E-state index < -0.39 is 5.97 Å². The number of hydrogen-bond acceptors (Lipinski definition) is 3. The van der Waals surface area contributed by atoms with Gasteiger partial charge >= 0.3 is 5.97 Å². The molecule has 0 amide bonds. The molecule has 17 heavy (non-hydrogen) atoms. The van der Waals surface area contributed by atoms with Crippen molar-refractivity contribution in [3.63, 3.8) is 0 Å². The first-order valence-corrected chi connectivity index (χ1v) is 6.14. The summed E-state index contributed by atoms with van der Waals surface area (Å²) in [6.07, 6.45) is 4.79. The molecule has 0 saturated heterocycles. The number of rotatable bonds is 5. The van der Waals surface area contributed by atoms with Gasteiger partial charge in [0, 0.05) is 5.54 Å². The highest BCUT2D eigenvalue weighted by Crippen LogP contribution is 2.34.